The highest BCUT2D eigenvalue weighted by Crippen LogP contribution is 2.26. The second-order valence-corrected chi connectivity index (χ2v) is 6.84. The van der Waals surface area contributed by atoms with Gasteiger partial charge < -0.3 is 5.32 Å². The first-order chi connectivity index (χ1) is 12.6. The van der Waals surface area contributed by atoms with E-state index < -0.39 is 0 Å². The van der Waals surface area contributed by atoms with Gasteiger partial charge in [-0.25, -0.2) is 4.98 Å². The molecule has 1 aromatic heterocycles. The third-order valence-electron chi connectivity index (χ3n) is 5.04. The number of para-hydroxylation sites is 1. The van der Waals surface area contributed by atoms with Crippen LogP contribution in [0.25, 0.3) is 16.6 Å². The van der Waals surface area contributed by atoms with Crippen molar-refractivity contribution in [3.05, 3.63) is 64.7 Å². The van der Waals surface area contributed by atoms with Crippen LogP contribution >= 0.6 is 0 Å². The van der Waals surface area contributed by atoms with Crippen LogP contribution in [0.3, 0.4) is 0 Å². The molecule has 0 radical (unpaired) electrons. The number of hydrogen-bond donors (Lipinski definition) is 1. The van der Waals surface area contributed by atoms with Crippen LogP contribution in [-0.4, -0.2) is 15.5 Å². The predicted octanol–water partition coefficient (Wildman–Crippen LogP) is 3.82. The van der Waals surface area contributed by atoms with Crippen molar-refractivity contribution in [2.75, 3.05) is 5.32 Å². The van der Waals surface area contributed by atoms with Crippen LogP contribution in [0.2, 0.25) is 0 Å². The zero-order valence-electron chi connectivity index (χ0n) is 14.7. The first-order valence-electron chi connectivity index (χ1n) is 9.03. The van der Waals surface area contributed by atoms with Crippen molar-refractivity contribution < 1.29 is 4.79 Å². The average molecular weight is 347 g/mol. The Morgan fingerprint density at radius 1 is 1.12 bits per heavy atom. The first-order valence-corrected chi connectivity index (χ1v) is 9.03. The molecular formula is C21H21N3O2. The number of anilines is 1. The molecule has 1 N–H and O–H groups in total. The monoisotopic (exact) mass is 347 g/mol. The Bertz CT molecular complexity index is 1020. The first kappa shape index (κ1) is 16.5. The number of carbonyl (C=O) groups is 1. The smallest absolute Gasteiger partial charge is 0.266 e. The van der Waals surface area contributed by atoms with Gasteiger partial charge >= 0.3 is 0 Å². The molecule has 1 aliphatic rings. The van der Waals surface area contributed by atoms with Gasteiger partial charge in [-0.05, 0) is 50.1 Å². The van der Waals surface area contributed by atoms with Crippen molar-refractivity contribution in [2.45, 2.75) is 32.6 Å². The Morgan fingerprint density at radius 3 is 2.58 bits per heavy atom. The lowest BCUT2D eigenvalue weighted by Gasteiger charge is -2.13. The maximum atomic E-state index is 13.1. The number of fused-ring (bicyclic) bond motifs is 1. The molecule has 2 aromatic carbocycles. The highest BCUT2D eigenvalue weighted by Gasteiger charge is 2.22. The molecule has 0 unspecified atom stereocenters. The van der Waals surface area contributed by atoms with Crippen molar-refractivity contribution in [3.8, 4) is 5.69 Å². The summed E-state index contributed by atoms with van der Waals surface area (Å²) in [6.45, 7) is 1.82. The molecule has 26 heavy (non-hydrogen) atoms. The van der Waals surface area contributed by atoms with Crippen molar-refractivity contribution in [2.24, 2.45) is 5.92 Å². The number of aromatic nitrogens is 2. The van der Waals surface area contributed by atoms with E-state index in [4.69, 9.17) is 0 Å². The minimum Gasteiger partial charge on any atom is -0.326 e. The van der Waals surface area contributed by atoms with E-state index >= 15 is 0 Å². The molecule has 0 saturated heterocycles. The predicted molar refractivity (Wildman–Crippen MR) is 103 cm³/mol. The Balaban J connectivity index is 1.75. The van der Waals surface area contributed by atoms with Crippen LogP contribution in [-0.2, 0) is 4.79 Å². The highest BCUT2D eigenvalue weighted by atomic mass is 16.2. The van der Waals surface area contributed by atoms with Crippen LogP contribution in [0.5, 0.6) is 0 Å². The van der Waals surface area contributed by atoms with Gasteiger partial charge in [0.05, 0.1) is 16.6 Å². The largest absolute Gasteiger partial charge is 0.326 e. The van der Waals surface area contributed by atoms with Gasteiger partial charge in [0, 0.05) is 11.6 Å². The third-order valence-corrected chi connectivity index (χ3v) is 5.04. The summed E-state index contributed by atoms with van der Waals surface area (Å²) >= 11 is 0. The molecule has 132 valence electrons. The summed E-state index contributed by atoms with van der Waals surface area (Å²) in [6.07, 6.45) is 4.11. The lowest BCUT2D eigenvalue weighted by atomic mass is 10.1. The van der Waals surface area contributed by atoms with Crippen molar-refractivity contribution in [1.82, 2.24) is 9.55 Å². The maximum absolute atomic E-state index is 13.1. The van der Waals surface area contributed by atoms with Gasteiger partial charge in [0.1, 0.15) is 5.82 Å². The Hall–Kier alpha value is -2.95. The van der Waals surface area contributed by atoms with Crippen molar-refractivity contribution >= 4 is 22.5 Å². The fourth-order valence-corrected chi connectivity index (χ4v) is 3.69. The van der Waals surface area contributed by atoms with Gasteiger partial charge in [0.15, 0.2) is 0 Å². The Labute approximate surface area is 151 Å². The lowest BCUT2D eigenvalue weighted by molar-refractivity contribution is -0.119. The van der Waals surface area contributed by atoms with Gasteiger partial charge in [-0.1, -0.05) is 31.0 Å². The lowest BCUT2D eigenvalue weighted by Crippen LogP contribution is -2.23. The molecule has 5 nitrogen and oxygen atoms in total. The number of carbonyl (C=O) groups excluding carboxylic acids is 1. The van der Waals surface area contributed by atoms with Crippen LogP contribution in [0.1, 0.15) is 31.5 Å². The topological polar surface area (TPSA) is 64.0 Å². The van der Waals surface area contributed by atoms with Crippen molar-refractivity contribution in [3.63, 3.8) is 0 Å². The molecule has 1 heterocycles. The summed E-state index contributed by atoms with van der Waals surface area (Å²) in [6, 6.07) is 14.8. The normalized spacial score (nSPS) is 14.7. The molecular weight excluding hydrogens is 326 g/mol. The highest BCUT2D eigenvalue weighted by molar-refractivity contribution is 5.95. The fourth-order valence-electron chi connectivity index (χ4n) is 3.69. The van der Waals surface area contributed by atoms with E-state index in [-0.39, 0.29) is 17.4 Å². The molecule has 1 aliphatic carbocycles. The quantitative estimate of drug-likeness (QED) is 0.783. The Morgan fingerprint density at radius 2 is 1.85 bits per heavy atom. The number of nitrogens with one attached hydrogen (secondary N) is 1. The third kappa shape index (κ3) is 3.01. The number of hydrogen-bond acceptors (Lipinski definition) is 3. The minimum atomic E-state index is -0.129. The summed E-state index contributed by atoms with van der Waals surface area (Å²) in [5.74, 6) is 0.768. The fraction of sp³-hybridized carbons (Fsp3) is 0.286. The van der Waals surface area contributed by atoms with E-state index in [1.54, 1.807) is 16.7 Å². The van der Waals surface area contributed by atoms with E-state index in [0.717, 1.165) is 31.4 Å². The molecule has 3 aromatic rings. The summed E-state index contributed by atoms with van der Waals surface area (Å²) < 4.78 is 1.60. The Kier molecular flexibility index (Phi) is 4.29. The number of benzene rings is 2. The van der Waals surface area contributed by atoms with Crippen LogP contribution in [0.4, 0.5) is 5.69 Å². The number of nitrogens with zero attached hydrogens (tertiary/aromatic N) is 2. The summed E-state index contributed by atoms with van der Waals surface area (Å²) in [7, 11) is 0. The molecule has 5 heteroatoms. The van der Waals surface area contributed by atoms with Crippen LogP contribution in [0.15, 0.2) is 53.3 Å². The molecule has 0 atom stereocenters. The van der Waals surface area contributed by atoms with Crippen molar-refractivity contribution in [1.29, 1.82) is 0 Å². The van der Waals surface area contributed by atoms with Crippen LogP contribution < -0.4 is 10.9 Å². The molecule has 0 bridgehead atoms. The SMILES string of the molecule is Cc1nc2ccc(NC(=O)C3CCCC3)cc2c(=O)n1-c1ccccc1. The van der Waals surface area contributed by atoms with Gasteiger partial charge in [0.2, 0.25) is 5.91 Å². The van der Waals surface area contributed by atoms with E-state index in [0.29, 0.717) is 22.4 Å². The second-order valence-electron chi connectivity index (χ2n) is 6.84. The van der Waals surface area contributed by atoms with Crippen LogP contribution in [0, 0.1) is 12.8 Å². The molecule has 0 aliphatic heterocycles. The number of amides is 1. The summed E-state index contributed by atoms with van der Waals surface area (Å²) in [5.41, 5.74) is 1.94. The molecule has 1 fully saturated rings. The standard InChI is InChI=1S/C21H21N3O2/c1-14-22-19-12-11-16(23-20(25)15-7-5-6-8-15)13-18(19)21(26)24(14)17-9-3-2-4-10-17/h2-4,9-13,15H,5-8H2,1H3,(H,23,25). The zero-order valence-corrected chi connectivity index (χ0v) is 14.7. The summed E-state index contributed by atoms with van der Waals surface area (Å²) in [4.78, 5) is 30.0. The average Bonchev–Trinajstić information content (AvgIpc) is 3.18. The maximum Gasteiger partial charge on any atom is 0.266 e. The van der Waals surface area contributed by atoms with Gasteiger partial charge in [0.25, 0.3) is 5.56 Å². The number of rotatable bonds is 3. The molecule has 1 amide bonds. The molecule has 0 spiro atoms. The van der Waals surface area contributed by atoms with Gasteiger partial charge in [-0.15, -0.1) is 0 Å². The molecule has 1 saturated carbocycles. The van der Waals surface area contributed by atoms with Gasteiger partial charge in [-0.3, -0.25) is 14.2 Å². The van der Waals surface area contributed by atoms with E-state index in [9.17, 15) is 9.59 Å². The van der Waals surface area contributed by atoms with E-state index in [1.807, 2.05) is 43.3 Å². The zero-order chi connectivity index (χ0) is 18.1. The molecule has 4 rings (SSSR count). The minimum absolute atomic E-state index is 0.0466. The van der Waals surface area contributed by atoms with Gasteiger partial charge in [-0.2, -0.15) is 0 Å². The summed E-state index contributed by atoms with van der Waals surface area (Å²) in [5, 5.41) is 3.47. The number of aryl methyl sites for hydroxylation is 1. The van der Waals surface area contributed by atoms with E-state index in [2.05, 4.69) is 10.3 Å². The second kappa shape index (κ2) is 6.75. The van der Waals surface area contributed by atoms with E-state index in [1.165, 1.54) is 0 Å².